The van der Waals surface area contributed by atoms with Crippen molar-refractivity contribution in [3.05, 3.63) is 84.4 Å². The Hall–Kier alpha value is -4.73. The molecule has 0 radical (unpaired) electrons. The quantitative estimate of drug-likeness (QED) is 0.346. The Labute approximate surface area is 213 Å². The minimum absolute atomic E-state index is 0.270. The van der Waals surface area contributed by atoms with Crippen LogP contribution in [0.1, 0.15) is 35.2 Å². The second-order valence-corrected chi connectivity index (χ2v) is 8.92. The number of carbonyl (C=O) groups is 1. The lowest BCUT2D eigenvalue weighted by Gasteiger charge is -2.30. The summed E-state index contributed by atoms with van der Waals surface area (Å²) in [7, 11) is 0. The summed E-state index contributed by atoms with van der Waals surface area (Å²) in [5, 5.41) is 13.7. The van der Waals surface area contributed by atoms with E-state index in [-0.39, 0.29) is 11.9 Å². The fourth-order valence-electron chi connectivity index (χ4n) is 4.60. The number of fused-ring (bicyclic) bond motifs is 1. The van der Waals surface area contributed by atoms with Gasteiger partial charge in [-0.15, -0.1) is 0 Å². The molecule has 0 spiro atoms. The first-order chi connectivity index (χ1) is 18.3. The molecule has 6 rings (SSSR count). The number of hydrogen-bond donors (Lipinski definition) is 2. The Morgan fingerprint density at radius 1 is 0.973 bits per heavy atom. The van der Waals surface area contributed by atoms with Gasteiger partial charge in [0.1, 0.15) is 30.1 Å². The molecule has 0 atom stereocenters. The summed E-state index contributed by atoms with van der Waals surface area (Å²) in [6.45, 7) is 2.35. The van der Waals surface area contributed by atoms with E-state index in [1.807, 2.05) is 60.8 Å². The van der Waals surface area contributed by atoms with Gasteiger partial charge in [-0.2, -0.15) is 19.7 Å². The Bertz CT molecular complexity index is 1490. The molecule has 5 aromatic rings. The molecule has 37 heavy (non-hydrogen) atoms. The molecule has 2 N–H and O–H groups in total. The zero-order chi connectivity index (χ0) is 25.0. The number of aromatic amines is 1. The van der Waals surface area contributed by atoms with E-state index in [1.54, 1.807) is 10.7 Å². The highest BCUT2D eigenvalue weighted by Crippen LogP contribution is 2.34. The first-order valence-electron chi connectivity index (χ1n) is 12.3. The van der Waals surface area contributed by atoms with Gasteiger partial charge in [0, 0.05) is 24.8 Å². The van der Waals surface area contributed by atoms with E-state index >= 15 is 0 Å². The lowest BCUT2D eigenvalue weighted by Crippen LogP contribution is -2.32. The topological polar surface area (TPSA) is 113 Å². The minimum atomic E-state index is -0.350. The molecule has 0 aliphatic carbocycles. The van der Waals surface area contributed by atoms with Crippen LogP contribution in [0.3, 0.4) is 0 Å². The average molecular weight is 495 g/mol. The highest BCUT2D eigenvalue weighted by molar-refractivity contribution is 6.07. The molecule has 10 heteroatoms. The summed E-state index contributed by atoms with van der Waals surface area (Å²) >= 11 is 0. The monoisotopic (exact) mass is 494 g/mol. The summed E-state index contributed by atoms with van der Waals surface area (Å²) in [6, 6.07) is 18.1. The fraction of sp³-hybridized carbons (Fsp3) is 0.222. The highest BCUT2D eigenvalue weighted by Gasteiger charge is 2.24. The van der Waals surface area contributed by atoms with E-state index in [2.05, 4.69) is 35.5 Å². The van der Waals surface area contributed by atoms with Crippen molar-refractivity contribution in [3.8, 4) is 16.9 Å². The number of anilines is 2. The van der Waals surface area contributed by atoms with Gasteiger partial charge in [0.25, 0.3) is 5.91 Å². The van der Waals surface area contributed by atoms with Gasteiger partial charge in [0.2, 0.25) is 5.95 Å². The first kappa shape index (κ1) is 22.7. The van der Waals surface area contributed by atoms with Gasteiger partial charge in [0.15, 0.2) is 5.65 Å². The first-order valence-corrected chi connectivity index (χ1v) is 12.3. The van der Waals surface area contributed by atoms with Crippen LogP contribution in [0.15, 0.2) is 73.3 Å². The molecule has 0 bridgehead atoms. The maximum absolute atomic E-state index is 12.9. The number of H-pyrrole nitrogens is 1. The van der Waals surface area contributed by atoms with Crippen LogP contribution in [0.5, 0.6) is 5.75 Å². The van der Waals surface area contributed by atoms with E-state index in [0.717, 1.165) is 54.2 Å². The molecular weight excluding hydrogens is 468 g/mol. The van der Waals surface area contributed by atoms with Gasteiger partial charge in [-0.05, 0) is 42.5 Å². The number of nitrogens with zero attached hydrogens (tertiary/aromatic N) is 6. The van der Waals surface area contributed by atoms with Crippen LogP contribution < -0.4 is 15.0 Å². The summed E-state index contributed by atoms with van der Waals surface area (Å²) in [6.07, 6.45) is 8.13. The van der Waals surface area contributed by atoms with Crippen molar-refractivity contribution in [2.24, 2.45) is 0 Å². The maximum Gasteiger partial charge on any atom is 0.263 e. The van der Waals surface area contributed by atoms with Crippen LogP contribution in [0, 0.1) is 0 Å². The van der Waals surface area contributed by atoms with Crippen molar-refractivity contribution >= 4 is 23.3 Å². The van der Waals surface area contributed by atoms with E-state index < -0.39 is 0 Å². The maximum atomic E-state index is 12.9. The molecule has 1 fully saturated rings. The largest absolute Gasteiger partial charge is 0.489 e. The predicted molar refractivity (Wildman–Crippen MR) is 140 cm³/mol. The minimum Gasteiger partial charge on any atom is -0.489 e. The van der Waals surface area contributed by atoms with E-state index in [4.69, 9.17) is 4.74 Å². The van der Waals surface area contributed by atoms with Crippen molar-refractivity contribution in [2.75, 3.05) is 23.3 Å². The Balaban J connectivity index is 1.33. The third-order valence-corrected chi connectivity index (χ3v) is 6.46. The second kappa shape index (κ2) is 10.1. The van der Waals surface area contributed by atoms with Gasteiger partial charge in [-0.25, -0.2) is 10.1 Å². The van der Waals surface area contributed by atoms with Crippen molar-refractivity contribution in [1.82, 2.24) is 29.8 Å². The number of amides is 1. The van der Waals surface area contributed by atoms with Crippen LogP contribution in [0.25, 0.3) is 16.8 Å². The summed E-state index contributed by atoms with van der Waals surface area (Å²) in [5.74, 6) is 1.65. The zero-order valence-corrected chi connectivity index (χ0v) is 20.2. The molecule has 4 heterocycles. The molecule has 0 unspecified atom stereocenters. The molecule has 2 aromatic carbocycles. The summed E-state index contributed by atoms with van der Waals surface area (Å²) < 4.78 is 7.75. The predicted octanol–water partition coefficient (Wildman–Crippen LogP) is 4.34. The van der Waals surface area contributed by atoms with Gasteiger partial charge in [0.05, 0.1) is 6.20 Å². The number of piperidine rings is 1. The van der Waals surface area contributed by atoms with E-state index in [0.29, 0.717) is 17.8 Å². The summed E-state index contributed by atoms with van der Waals surface area (Å²) in [5.41, 5.74) is 3.94. The van der Waals surface area contributed by atoms with Gasteiger partial charge in [-0.3, -0.25) is 10.1 Å². The van der Waals surface area contributed by atoms with Gasteiger partial charge < -0.3 is 9.64 Å². The number of aromatic nitrogens is 6. The Morgan fingerprint density at radius 3 is 2.54 bits per heavy atom. The van der Waals surface area contributed by atoms with Crippen LogP contribution in [0.4, 0.5) is 11.8 Å². The standard InChI is InChI=1S/C27H26N8O2/c36-25(32-27-29-18-30-33-27)23-16-31-35-24(23)28-15-22(26(35)34-13-5-2-6-14-34)20-9-11-21(12-10-20)37-17-19-7-3-1-4-8-19/h1,3-4,7-12,15-16,18H,2,5-6,13-14,17H2,(H2,29,30,32,33,36). The van der Waals surface area contributed by atoms with Crippen molar-refractivity contribution in [3.63, 3.8) is 0 Å². The van der Waals surface area contributed by atoms with Crippen molar-refractivity contribution in [1.29, 1.82) is 0 Å². The molecule has 1 saturated heterocycles. The number of ether oxygens (including phenoxy) is 1. The Morgan fingerprint density at radius 2 is 1.78 bits per heavy atom. The Kier molecular flexibility index (Phi) is 6.20. The molecule has 1 aliphatic heterocycles. The third kappa shape index (κ3) is 4.73. The summed E-state index contributed by atoms with van der Waals surface area (Å²) in [4.78, 5) is 23.9. The van der Waals surface area contributed by atoms with Crippen molar-refractivity contribution in [2.45, 2.75) is 25.9 Å². The molecule has 186 valence electrons. The number of hydrogen-bond acceptors (Lipinski definition) is 7. The molecular formula is C27H26N8O2. The lowest BCUT2D eigenvalue weighted by molar-refractivity contribution is 0.102. The zero-order valence-electron chi connectivity index (χ0n) is 20.2. The molecule has 1 amide bonds. The smallest absolute Gasteiger partial charge is 0.263 e. The molecule has 1 aliphatic rings. The highest BCUT2D eigenvalue weighted by atomic mass is 16.5. The molecule has 0 saturated carbocycles. The van der Waals surface area contributed by atoms with Gasteiger partial charge >= 0.3 is 0 Å². The fourth-order valence-corrected chi connectivity index (χ4v) is 4.60. The van der Waals surface area contributed by atoms with E-state index in [1.165, 1.54) is 12.7 Å². The molecule has 10 nitrogen and oxygen atoms in total. The van der Waals surface area contributed by atoms with Crippen molar-refractivity contribution < 1.29 is 9.53 Å². The number of nitrogens with one attached hydrogen (secondary N) is 2. The normalized spacial score (nSPS) is 13.6. The SMILES string of the molecule is O=C(Nc1ncn[nH]1)c1cnn2c(N3CCCCC3)c(-c3ccc(OCc4ccccc4)cc3)cnc12. The van der Waals surface area contributed by atoms with Crippen LogP contribution in [0.2, 0.25) is 0 Å². The number of carbonyl (C=O) groups excluding carboxylic acids is 1. The van der Waals surface area contributed by atoms with Gasteiger partial charge in [-0.1, -0.05) is 42.5 Å². The number of rotatable bonds is 7. The van der Waals surface area contributed by atoms with E-state index in [9.17, 15) is 4.79 Å². The average Bonchev–Trinajstić information content (AvgIpc) is 3.63. The number of benzene rings is 2. The lowest BCUT2D eigenvalue weighted by atomic mass is 10.1. The van der Waals surface area contributed by atoms with Crippen LogP contribution >= 0.6 is 0 Å². The third-order valence-electron chi connectivity index (χ3n) is 6.46. The van der Waals surface area contributed by atoms with Crippen LogP contribution in [-0.4, -0.2) is 48.8 Å². The second-order valence-electron chi connectivity index (χ2n) is 8.92. The molecule has 3 aromatic heterocycles. The van der Waals surface area contributed by atoms with Crippen LogP contribution in [-0.2, 0) is 6.61 Å².